The van der Waals surface area contributed by atoms with E-state index in [1.54, 1.807) is 0 Å². The van der Waals surface area contributed by atoms with Crippen molar-refractivity contribution in [1.29, 1.82) is 0 Å². The van der Waals surface area contributed by atoms with Crippen LogP contribution in [0.3, 0.4) is 0 Å². The average Bonchev–Trinajstić information content (AvgIpc) is 3.98. The topological polar surface area (TPSA) is 3.24 Å². The molecule has 0 saturated carbocycles. The van der Waals surface area contributed by atoms with Crippen molar-refractivity contribution in [3.8, 4) is 33.4 Å². The molecule has 0 N–H and O–H groups in total. The van der Waals surface area contributed by atoms with E-state index in [0.717, 1.165) is 17.1 Å². The van der Waals surface area contributed by atoms with Gasteiger partial charge >= 0.3 is 0 Å². The summed E-state index contributed by atoms with van der Waals surface area (Å²) in [7, 11) is 0. The lowest BCUT2D eigenvalue weighted by Gasteiger charge is -2.31. The standard InChI is InChI=1S/C61H37NS/c1-2-18-44-42(16-1)43-17-3-4-19-45(43)52-36-39(30-33-46(44)52)62(58-27-13-8-15-41(58)38-29-32-51-50-23-9-14-28-59(50)63-60(51)35-38)40-31-34-57-53(37-40)49-22-7-12-26-56(49)61(57)54-24-10-5-20-47(54)48-21-6-11-25-55(48)61/h1-37H. The van der Waals surface area contributed by atoms with Gasteiger partial charge in [-0.25, -0.2) is 0 Å². The van der Waals surface area contributed by atoms with Crippen molar-refractivity contribution in [1.82, 2.24) is 0 Å². The quantitative estimate of drug-likeness (QED) is 0.160. The molecule has 2 aliphatic carbocycles. The Morgan fingerprint density at radius 2 is 0.730 bits per heavy atom. The lowest BCUT2D eigenvalue weighted by atomic mass is 9.70. The Morgan fingerprint density at radius 1 is 0.286 bits per heavy atom. The van der Waals surface area contributed by atoms with Gasteiger partial charge in [0.2, 0.25) is 0 Å². The Hall–Kier alpha value is -7.78. The molecule has 14 rings (SSSR count). The molecular weight excluding hydrogens is 779 g/mol. The summed E-state index contributed by atoms with van der Waals surface area (Å²) in [6.45, 7) is 0. The summed E-state index contributed by atoms with van der Waals surface area (Å²) in [5.41, 5.74) is 16.0. The molecular formula is C61H37NS. The third-order valence-electron chi connectivity index (χ3n) is 14.1. The second-order valence-corrected chi connectivity index (χ2v) is 18.2. The van der Waals surface area contributed by atoms with E-state index in [1.165, 1.54) is 108 Å². The van der Waals surface area contributed by atoms with E-state index in [9.17, 15) is 0 Å². The predicted octanol–water partition coefficient (Wildman–Crippen LogP) is 17.0. The average molecular weight is 816 g/mol. The van der Waals surface area contributed by atoms with Gasteiger partial charge in [-0.1, -0.05) is 182 Å². The highest BCUT2D eigenvalue weighted by atomic mass is 32.1. The van der Waals surface area contributed by atoms with Gasteiger partial charge in [-0.15, -0.1) is 11.3 Å². The van der Waals surface area contributed by atoms with Gasteiger partial charge in [0.15, 0.2) is 0 Å². The van der Waals surface area contributed by atoms with Crippen LogP contribution in [0.4, 0.5) is 17.1 Å². The molecule has 1 aromatic heterocycles. The summed E-state index contributed by atoms with van der Waals surface area (Å²) in [6, 6.07) is 84.2. The minimum absolute atomic E-state index is 0.400. The van der Waals surface area contributed by atoms with Crippen molar-refractivity contribution in [3.63, 3.8) is 0 Å². The minimum Gasteiger partial charge on any atom is -0.310 e. The molecule has 0 bridgehead atoms. The lowest BCUT2D eigenvalue weighted by molar-refractivity contribution is 0.794. The van der Waals surface area contributed by atoms with Crippen LogP contribution in [0.1, 0.15) is 22.3 Å². The van der Waals surface area contributed by atoms with E-state index in [-0.39, 0.29) is 0 Å². The van der Waals surface area contributed by atoms with Crippen LogP contribution in [0.25, 0.3) is 85.9 Å². The van der Waals surface area contributed by atoms with Gasteiger partial charge in [-0.3, -0.25) is 0 Å². The first-order chi connectivity index (χ1) is 31.3. The van der Waals surface area contributed by atoms with Crippen LogP contribution in [0.5, 0.6) is 0 Å². The first-order valence-corrected chi connectivity index (χ1v) is 22.7. The molecule has 0 aliphatic heterocycles. The summed E-state index contributed by atoms with van der Waals surface area (Å²) < 4.78 is 2.62. The summed E-state index contributed by atoms with van der Waals surface area (Å²) >= 11 is 1.87. The van der Waals surface area contributed by atoms with Gasteiger partial charge in [0.25, 0.3) is 0 Å². The molecule has 11 aromatic carbocycles. The number of para-hydroxylation sites is 1. The van der Waals surface area contributed by atoms with Crippen molar-refractivity contribution in [2.75, 3.05) is 4.90 Å². The Balaban J connectivity index is 1.04. The Labute approximate surface area is 369 Å². The van der Waals surface area contributed by atoms with Crippen molar-refractivity contribution in [2.45, 2.75) is 5.41 Å². The van der Waals surface area contributed by atoms with Crippen LogP contribution >= 0.6 is 11.3 Å². The maximum atomic E-state index is 2.51. The number of thiophene rings is 1. The van der Waals surface area contributed by atoms with Gasteiger partial charge in [0.1, 0.15) is 0 Å². The number of anilines is 3. The molecule has 0 unspecified atom stereocenters. The van der Waals surface area contributed by atoms with Gasteiger partial charge in [-0.05, 0) is 125 Å². The highest BCUT2D eigenvalue weighted by molar-refractivity contribution is 7.25. The van der Waals surface area contributed by atoms with E-state index in [0.29, 0.717) is 0 Å². The minimum atomic E-state index is -0.400. The largest absolute Gasteiger partial charge is 0.310 e. The maximum absolute atomic E-state index is 2.51. The fraction of sp³-hybridized carbons (Fsp3) is 0.0164. The van der Waals surface area contributed by atoms with Gasteiger partial charge in [0.05, 0.1) is 11.1 Å². The van der Waals surface area contributed by atoms with Gasteiger partial charge in [-0.2, -0.15) is 0 Å². The van der Waals surface area contributed by atoms with Crippen LogP contribution in [0.2, 0.25) is 0 Å². The molecule has 292 valence electrons. The third kappa shape index (κ3) is 4.76. The zero-order valence-corrected chi connectivity index (χ0v) is 35.0. The molecule has 2 heteroatoms. The number of nitrogens with zero attached hydrogens (tertiary/aromatic N) is 1. The van der Waals surface area contributed by atoms with Crippen LogP contribution in [0, 0.1) is 0 Å². The van der Waals surface area contributed by atoms with Crippen LogP contribution in [0.15, 0.2) is 224 Å². The zero-order chi connectivity index (χ0) is 41.2. The van der Waals surface area contributed by atoms with Crippen LogP contribution in [-0.2, 0) is 5.41 Å². The van der Waals surface area contributed by atoms with Crippen molar-refractivity contribution in [2.24, 2.45) is 0 Å². The first-order valence-electron chi connectivity index (χ1n) is 21.8. The monoisotopic (exact) mass is 815 g/mol. The van der Waals surface area contributed by atoms with Gasteiger partial charge < -0.3 is 4.90 Å². The Bertz CT molecular complexity index is 3810. The Morgan fingerprint density at radius 3 is 1.40 bits per heavy atom. The van der Waals surface area contributed by atoms with E-state index < -0.39 is 5.41 Å². The van der Waals surface area contributed by atoms with Crippen LogP contribution < -0.4 is 4.90 Å². The normalized spacial score (nSPS) is 13.2. The highest BCUT2D eigenvalue weighted by Crippen LogP contribution is 2.63. The Kier molecular flexibility index (Phi) is 7.26. The molecule has 0 atom stereocenters. The fourth-order valence-electron chi connectivity index (χ4n) is 11.5. The van der Waals surface area contributed by atoms with Crippen molar-refractivity contribution < 1.29 is 0 Å². The summed E-state index contributed by atoms with van der Waals surface area (Å²) in [5, 5.41) is 10.2. The molecule has 1 nitrogen and oxygen atoms in total. The molecule has 63 heavy (non-hydrogen) atoms. The first kappa shape index (κ1) is 34.9. The molecule has 0 amide bonds. The molecule has 0 fully saturated rings. The van der Waals surface area contributed by atoms with Crippen molar-refractivity contribution in [3.05, 3.63) is 247 Å². The molecule has 2 aliphatic rings. The highest BCUT2D eigenvalue weighted by Gasteiger charge is 2.51. The number of hydrogen-bond donors (Lipinski definition) is 0. The smallest absolute Gasteiger partial charge is 0.0725 e. The van der Waals surface area contributed by atoms with Gasteiger partial charge in [0, 0.05) is 37.1 Å². The number of fused-ring (bicyclic) bond motifs is 19. The second-order valence-electron chi connectivity index (χ2n) is 17.1. The third-order valence-corrected chi connectivity index (χ3v) is 15.2. The maximum Gasteiger partial charge on any atom is 0.0725 e. The zero-order valence-electron chi connectivity index (χ0n) is 34.2. The molecule has 1 heterocycles. The lowest BCUT2D eigenvalue weighted by Crippen LogP contribution is -2.25. The summed E-state index contributed by atoms with van der Waals surface area (Å²) in [4.78, 5) is 2.51. The van der Waals surface area contributed by atoms with E-state index in [4.69, 9.17) is 0 Å². The van der Waals surface area contributed by atoms with Crippen LogP contribution in [-0.4, -0.2) is 0 Å². The molecule has 0 saturated heterocycles. The predicted molar refractivity (Wildman–Crippen MR) is 268 cm³/mol. The van der Waals surface area contributed by atoms with Crippen molar-refractivity contribution >= 4 is 80.9 Å². The van der Waals surface area contributed by atoms with E-state index >= 15 is 0 Å². The summed E-state index contributed by atoms with van der Waals surface area (Å²) in [6.07, 6.45) is 0. The van der Waals surface area contributed by atoms with E-state index in [1.807, 2.05) is 11.3 Å². The fourth-order valence-corrected chi connectivity index (χ4v) is 12.6. The number of hydrogen-bond acceptors (Lipinski definition) is 2. The molecule has 1 spiro atoms. The SMILES string of the molecule is c1ccc(N(c2ccc3c(c2)-c2ccccc2C32c3ccccc3-c3ccccc32)c2ccc3c4ccccc4c4ccccc4c3c2)c(-c2ccc3c(c2)sc2ccccc23)c1. The van der Waals surface area contributed by atoms with E-state index in [2.05, 4.69) is 229 Å². The number of benzene rings is 11. The second kappa shape index (κ2) is 13.1. The molecule has 12 aromatic rings. The number of rotatable bonds is 4. The molecule has 0 radical (unpaired) electrons. The summed E-state index contributed by atoms with van der Waals surface area (Å²) in [5.74, 6) is 0.